The van der Waals surface area contributed by atoms with Crippen LogP contribution in [0.2, 0.25) is 0 Å². The summed E-state index contributed by atoms with van der Waals surface area (Å²) in [5.74, 6) is -1.72. The van der Waals surface area contributed by atoms with Gasteiger partial charge in [-0.3, -0.25) is 9.36 Å². The first-order valence-corrected chi connectivity index (χ1v) is 12.0. The van der Waals surface area contributed by atoms with Crippen molar-refractivity contribution in [3.05, 3.63) is 71.8 Å². The minimum Gasteiger partial charge on any atom is -0.502 e. The normalized spacial score (nSPS) is 13.5. The molecule has 1 fully saturated rings. The van der Waals surface area contributed by atoms with E-state index in [1.807, 2.05) is 13.0 Å². The van der Waals surface area contributed by atoms with Gasteiger partial charge in [-0.1, -0.05) is 6.07 Å². The molecule has 4 aromatic rings. The number of nitrogens with one attached hydrogen (secondary N) is 2. The predicted octanol–water partition coefficient (Wildman–Crippen LogP) is 6.23. The van der Waals surface area contributed by atoms with Crippen LogP contribution < -0.4 is 15.4 Å². The Hall–Kier alpha value is -4.28. The number of phenols is 1. The summed E-state index contributed by atoms with van der Waals surface area (Å²) < 4.78 is 59.6. The van der Waals surface area contributed by atoms with Gasteiger partial charge < -0.3 is 20.5 Å². The van der Waals surface area contributed by atoms with Crippen molar-refractivity contribution in [3.8, 4) is 22.9 Å². The fraction of sp³-hybridized carbons (Fsp3) is 0.259. The summed E-state index contributed by atoms with van der Waals surface area (Å²) in [6.45, 7) is 1.42. The van der Waals surface area contributed by atoms with Crippen LogP contribution in [0, 0.1) is 12.7 Å². The standard InChI is InChI=1S/C27H24F4N4O3/c1-15-11-17(7-8-19(15)26(37)34-16-5-6-16)35-14-33-24-21(32-10-9-27(29,30)31)12-18(13-22(24)35)38-23-4-2-3-20(28)25(23)36/h2-4,7-8,11-14,16,32,36H,5-6,9-10H2,1H3,(H,34,37). The van der Waals surface area contributed by atoms with E-state index in [9.17, 15) is 27.5 Å². The van der Waals surface area contributed by atoms with E-state index in [-0.39, 0.29) is 29.1 Å². The number of carbonyl (C=O) groups excluding carboxylic acids is 1. The van der Waals surface area contributed by atoms with Crippen LogP contribution in [-0.2, 0) is 0 Å². The summed E-state index contributed by atoms with van der Waals surface area (Å²) in [5.41, 5.74) is 3.10. The average molecular weight is 529 g/mol. The molecule has 0 spiro atoms. The summed E-state index contributed by atoms with van der Waals surface area (Å²) >= 11 is 0. The van der Waals surface area contributed by atoms with Gasteiger partial charge in [0.2, 0.25) is 0 Å². The van der Waals surface area contributed by atoms with Crippen LogP contribution in [0.5, 0.6) is 17.2 Å². The number of para-hydroxylation sites is 1. The van der Waals surface area contributed by atoms with Crippen LogP contribution in [-0.4, -0.2) is 39.3 Å². The van der Waals surface area contributed by atoms with Gasteiger partial charge in [-0.05, 0) is 55.7 Å². The maximum absolute atomic E-state index is 13.8. The number of phenolic OH excluding ortho intramolecular Hbond substituents is 1. The first-order chi connectivity index (χ1) is 18.1. The molecule has 1 heterocycles. The number of ether oxygens (including phenoxy) is 1. The molecule has 11 heteroatoms. The summed E-state index contributed by atoms with van der Waals surface area (Å²) in [7, 11) is 0. The molecular weight excluding hydrogens is 504 g/mol. The molecule has 0 saturated heterocycles. The Labute approximate surface area is 215 Å². The second-order valence-electron chi connectivity index (χ2n) is 9.18. The smallest absolute Gasteiger partial charge is 0.390 e. The number of aromatic nitrogens is 2. The lowest BCUT2D eigenvalue weighted by molar-refractivity contribution is -0.131. The Bertz CT molecular complexity index is 1510. The van der Waals surface area contributed by atoms with Crippen LogP contribution in [0.4, 0.5) is 23.2 Å². The number of aryl methyl sites for hydroxylation is 1. The molecule has 38 heavy (non-hydrogen) atoms. The Morgan fingerprint density at radius 2 is 1.97 bits per heavy atom. The number of halogens is 4. The quantitative estimate of drug-likeness (QED) is 0.236. The first-order valence-electron chi connectivity index (χ1n) is 12.0. The molecule has 1 saturated carbocycles. The minimum atomic E-state index is -4.35. The van der Waals surface area contributed by atoms with E-state index in [0.717, 1.165) is 24.5 Å². The lowest BCUT2D eigenvalue weighted by Crippen LogP contribution is -2.26. The minimum absolute atomic E-state index is 0.145. The lowest BCUT2D eigenvalue weighted by atomic mass is 10.1. The molecule has 0 unspecified atom stereocenters. The number of hydrogen-bond acceptors (Lipinski definition) is 5. The summed E-state index contributed by atoms with van der Waals surface area (Å²) in [6, 6.07) is 12.3. The topological polar surface area (TPSA) is 88.4 Å². The summed E-state index contributed by atoms with van der Waals surface area (Å²) in [4.78, 5) is 16.9. The third-order valence-electron chi connectivity index (χ3n) is 6.17. The Kier molecular flexibility index (Phi) is 6.60. The van der Waals surface area contributed by atoms with Crippen molar-refractivity contribution in [1.82, 2.24) is 14.9 Å². The highest BCUT2D eigenvalue weighted by molar-refractivity contribution is 5.96. The van der Waals surface area contributed by atoms with Crippen molar-refractivity contribution in [1.29, 1.82) is 0 Å². The molecule has 0 radical (unpaired) electrons. The summed E-state index contributed by atoms with van der Waals surface area (Å²) in [5, 5.41) is 15.8. The third kappa shape index (κ3) is 5.51. The van der Waals surface area contributed by atoms with Gasteiger partial charge in [0.15, 0.2) is 17.3 Å². The molecule has 0 aliphatic heterocycles. The number of benzene rings is 3. The van der Waals surface area contributed by atoms with Gasteiger partial charge in [-0.2, -0.15) is 13.2 Å². The predicted molar refractivity (Wildman–Crippen MR) is 134 cm³/mol. The van der Waals surface area contributed by atoms with E-state index in [2.05, 4.69) is 15.6 Å². The van der Waals surface area contributed by atoms with Gasteiger partial charge in [0.25, 0.3) is 5.91 Å². The zero-order valence-corrected chi connectivity index (χ0v) is 20.3. The van der Waals surface area contributed by atoms with Crippen LogP contribution >= 0.6 is 0 Å². The van der Waals surface area contributed by atoms with Crippen LogP contribution in [0.3, 0.4) is 0 Å². The number of carbonyl (C=O) groups is 1. The number of rotatable bonds is 8. The third-order valence-corrected chi connectivity index (χ3v) is 6.17. The molecule has 3 N–H and O–H groups in total. The molecule has 198 valence electrons. The van der Waals surface area contributed by atoms with E-state index in [0.29, 0.717) is 22.3 Å². The molecule has 0 atom stereocenters. The van der Waals surface area contributed by atoms with Crippen molar-refractivity contribution >= 4 is 22.6 Å². The van der Waals surface area contributed by atoms with Crippen LogP contribution in [0.15, 0.2) is 54.9 Å². The molecule has 1 aromatic heterocycles. The highest BCUT2D eigenvalue weighted by atomic mass is 19.4. The molecular formula is C27H24F4N4O3. The fourth-order valence-corrected chi connectivity index (χ4v) is 4.08. The average Bonchev–Trinajstić information content (AvgIpc) is 3.56. The van der Waals surface area contributed by atoms with Gasteiger partial charge in [0.05, 0.1) is 17.6 Å². The van der Waals surface area contributed by atoms with E-state index in [4.69, 9.17) is 4.74 Å². The molecule has 5 rings (SSSR count). The fourth-order valence-electron chi connectivity index (χ4n) is 4.08. The Morgan fingerprint density at radius 3 is 2.68 bits per heavy atom. The second kappa shape index (κ2) is 9.88. The number of hydrogen-bond donors (Lipinski definition) is 3. The van der Waals surface area contributed by atoms with Crippen molar-refractivity contribution in [3.63, 3.8) is 0 Å². The Morgan fingerprint density at radius 1 is 1.18 bits per heavy atom. The maximum Gasteiger partial charge on any atom is 0.390 e. The largest absolute Gasteiger partial charge is 0.502 e. The zero-order chi connectivity index (χ0) is 27.0. The highest BCUT2D eigenvalue weighted by Gasteiger charge is 2.27. The number of aromatic hydroxyl groups is 1. The molecule has 1 aliphatic rings. The molecule has 0 bridgehead atoms. The molecule has 1 aliphatic carbocycles. The van der Waals surface area contributed by atoms with Crippen molar-refractivity contribution in [2.24, 2.45) is 0 Å². The van der Waals surface area contributed by atoms with Crippen molar-refractivity contribution < 1.29 is 32.2 Å². The first kappa shape index (κ1) is 25.4. The molecule has 1 amide bonds. The molecule has 3 aromatic carbocycles. The van der Waals surface area contributed by atoms with Crippen molar-refractivity contribution in [2.45, 2.75) is 38.4 Å². The summed E-state index contributed by atoms with van der Waals surface area (Å²) in [6.07, 6.45) is -1.95. The van der Waals surface area contributed by atoms with Gasteiger partial charge in [0.1, 0.15) is 17.6 Å². The highest BCUT2D eigenvalue weighted by Crippen LogP contribution is 2.37. The van der Waals surface area contributed by atoms with Gasteiger partial charge >= 0.3 is 6.18 Å². The van der Waals surface area contributed by atoms with E-state index in [1.165, 1.54) is 24.5 Å². The zero-order valence-electron chi connectivity index (χ0n) is 20.3. The number of alkyl halides is 3. The Balaban J connectivity index is 1.53. The number of imidazole rings is 1. The van der Waals surface area contributed by atoms with Crippen LogP contribution in [0.1, 0.15) is 35.2 Å². The van der Waals surface area contributed by atoms with E-state index in [1.54, 1.807) is 22.8 Å². The van der Waals surface area contributed by atoms with Crippen LogP contribution in [0.25, 0.3) is 16.7 Å². The number of amides is 1. The van der Waals surface area contributed by atoms with Gasteiger partial charge in [-0.15, -0.1) is 0 Å². The SMILES string of the molecule is Cc1cc(-n2cnc3c(NCCC(F)(F)F)cc(Oc4cccc(F)c4O)cc32)ccc1C(=O)NC1CC1. The van der Waals surface area contributed by atoms with Gasteiger partial charge in [0, 0.05) is 36.0 Å². The van der Waals surface area contributed by atoms with E-state index < -0.39 is 30.7 Å². The molecule has 7 nitrogen and oxygen atoms in total. The van der Waals surface area contributed by atoms with Gasteiger partial charge in [-0.25, -0.2) is 9.37 Å². The van der Waals surface area contributed by atoms with Crippen molar-refractivity contribution in [2.75, 3.05) is 11.9 Å². The van der Waals surface area contributed by atoms with E-state index >= 15 is 0 Å². The monoisotopic (exact) mass is 528 g/mol. The number of nitrogens with zero attached hydrogens (tertiary/aromatic N) is 2. The second-order valence-corrected chi connectivity index (χ2v) is 9.18. The maximum atomic E-state index is 13.8. The lowest BCUT2D eigenvalue weighted by Gasteiger charge is -2.14. The number of anilines is 1. The number of fused-ring (bicyclic) bond motifs is 1.